The molecule has 0 bridgehead atoms. The number of rotatable bonds is 1. The summed E-state index contributed by atoms with van der Waals surface area (Å²) >= 11 is 0. The number of fused-ring (bicyclic) bond motifs is 1. The van der Waals surface area contributed by atoms with Gasteiger partial charge in [0.2, 0.25) is 5.91 Å². The van der Waals surface area contributed by atoms with Crippen LogP contribution in [0, 0.1) is 5.92 Å². The summed E-state index contributed by atoms with van der Waals surface area (Å²) in [5.41, 5.74) is 2.49. The van der Waals surface area contributed by atoms with Crippen LogP contribution in [0.15, 0.2) is 24.3 Å². The van der Waals surface area contributed by atoms with Gasteiger partial charge in [-0.3, -0.25) is 4.79 Å². The number of carbonyl (C=O) groups is 1. The maximum atomic E-state index is 12.8. The molecule has 1 saturated heterocycles. The summed E-state index contributed by atoms with van der Waals surface area (Å²) in [4.78, 5) is 14.8. The van der Waals surface area contributed by atoms with E-state index in [1.165, 1.54) is 11.1 Å². The van der Waals surface area contributed by atoms with E-state index in [9.17, 15) is 4.79 Å². The topological polar surface area (TPSA) is 32.3 Å². The van der Waals surface area contributed by atoms with Crippen LogP contribution in [0.5, 0.6) is 0 Å². The van der Waals surface area contributed by atoms with Crippen molar-refractivity contribution in [3.8, 4) is 0 Å². The second-order valence-corrected chi connectivity index (χ2v) is 6.02. The van der Waals surface area contributed by atoms with E-state index in [1.807, 2.05) is 6.07 Å². The number of carbonyl (C=O) groups excluding carboxylic acids is 1. The minimum atomic E-state index is -0.141. The first-order valence-corrected chi connectivity index (χ1v) is 7.28. The summed E-state index contributed by atoms with van der Waals surface area (Å²) in [6.45, 7) is 6.19. The summed E-state index contributed by atoms with van der Waals surface area (Å²) < 4.78 is 0. The first-order chi connectivity index (χ1) is 9.16. The molecule has 1 N–H and O–H groups in total. The minimum Gasteiger partial charge on any atom is -0.338 e. The fourth-order valence-corrected chi connectivity index (χ4v) is 3.50. The molecule has 2 aliphatic heterocycles. The molecule has 3 atom stereocenters. The molecule has 19 heavy (non-hydrogen) atoms. The quantitative estimate of drug-likeness (QED) is 0.837. The maximum Gasteiger partial charge on any atom is 0.244 e. The van der Waals surface area contributed by atoms with Crippen LogP contribution in [-0.2, 0) is 11.2 Å². The Hall–Kier alpha value is -1.35. The van der Waals surface area contributed by atoms with Crippen molar-refractivity contribution in [2.45, 2.75) is 38.8 Å². The second kappa shape index (κ2) is 4.97. The summed E-state index contributed by atoms with van der Waals surface area (Å²) in [6.07, 6.45) is 2.14. The van der Waals surface area contributed by atoms with Crippen LogP contribution < -0.4 is 5.32 Å². The van der Waals surface area contributed by atoms with Gasteiger partial charge < -0.3 is 10.2 Å². The van der Waals surface area contributed by atoms with Gasteiger partial charge in [-0.25, -0.2) is 0 Å². The smallest absolute Gasteiger partial charge is 0.244 e. The monoisotopic (exact) mass is 258 g/mol. The fraction of sp³-hybridized carbons (Fsp3) is 0.562. The van der Waals surface area contributed by atoms with E-state index in [-0.39, 0.29) is 11.9 Å². The lowest BCUT2D eigenvalue weighted by atomic mass is 9.93. The molecule has 3 rings (SSSR count). The van der Waals surface area contributed by atoms with Gasteiger partial charge in [-0.1, -0.05) is 31.2 Å². The van der Waals surface area contributed by atoms with Crippen LogP contribution in [-0.4, -0.2) is 29.9 Å². The van der Waals surface area contributed by atoms with E-state index in [0.29, 0.717) is 12.0 Å². The van der Waals surface area contributed by atoms with Gasteiger partial charge in [-0.05, 0) is 36.8 Å². The van der Waals surface area contributed by atoms with E-state index in [0.717, 1.165) is 25.9 Å². The summed E-state index contributed by atoms with van der Waals surface area (Å²) in [6, 6.07) is 8.56. The number of likely N-dealkylation sites (tertiary alicyclic amines) is 1. The van der Waals surface area contributed by atoms with Crippen LogP contribution in [0.25, 0.3) is 0 Å². The predicted octanol–water partition coefficient (Wildman–Crippen LogP) is 2.13. The molecule has 1 amide bonds. The van der Waals surface area contributed by atoms with Gasteiger partial charge in [-0.2, -0.15) is 0 Å². The molecule has 0 aromatic heterocycles. The number of benzene rings is 1. The standard InChI is InChI=1S/C16H22N2O/c1-11-9-12(2)18(10-11)16(19)15-14-6-4-3-5-13(14)7-8-17-15/h3-6,11-12,15,17H,7-10H2,1-2H3. The molecule has 0 aliphatic carbocycles. The van der Waals surface area contributed by atoms with Gasteiger partial charge in [0.1, 0.15) is 6.04 Å². The molecule has 1 aromatic carbocycles. The third-order valence-electron chi connectivity index (χ3n) is 4.42. The molecule has 0 radical (unpaired) electrons. The first kappa shape index (κ1) is 12.7. The third kappa shape index (κ3) is 2.27. The highest BCUT2D eigenvalue weighted by Gasteiger charge is 2.35. The molecule has 1 fully saturated rings. The highest BCUT2D eigenvalue weighted by molar-refractivity contribution is 5.84. The fourth-order valence-electron chi connectivity index (χ4n) is 3.50. The average Bonchev–Trinajstić information content (AvgIpc) is 2.76. The Kier molecular flexibility index (Phi) is 3.31. The Labute approximate surface area is 115 Å². The summed E-state index contributed by atoms with van der Waals surface area (Å²) in [5.74, 6) is 0.877. The SMILES string of the molecule is CC1CC(C)N(C(=O)C2NCCc3ccccc32)C1. The van der Waals surface area contributed by atoms with Crippen molar-refractivity contribution in [2.24, 2.45) is 5.92 Å². The zero-order valence-corrected chi connectivity index (χ0v) is 11.7. The number of nitrogens with one attached hydrogen (secondary N) is 1. The summed E-state index contributed by atoms with van der Waals surface area (Å²) in [7, 11) is 0. The van der Waals surface area contributed by atoms with Crippen LogP contribution in [0.3, 0.4) is 0 Å². The van der Waals surface area contributed by atoms with E-state index >= 15 is 0 Å². The molecule has 102 valence electrons. The number of nitrogens with zero attached hydrogens (tertiary/aromatic N) is 1. The molecule has 2 aliphatic rings. The van der Waals surface area contributed by atoms with Gasteiger partial charge in [-0.15, -0.1) is 0 Å². The van der Waals surface area contributed by atoms with Crippen molar-refractivity contribution in [3.05, 3.63) is 35.4 Å². The number of hydrogen-bond acceptors (Lipinski definition) is 2. The molecule has 2 heterocycles. The van der Waals surface area contributed by atoms with E-state index in [2.05, 4.69) is 42.3 Å². The van der Waals surface area contributed by atoms with Crippen molar-refractivity contribution >= 4 is 5.91 Å². The highest BCUT2D eigenvalue weighted by Crippen LogP contribution is 2.29. The molecular formula is C16H22N2O. The molecule has 3 heteroatoms. The zero-order chi connectivity index (χ0) is 13.4. The van der Waals surface area contributed by atoms with Crippen molar-refractivity contribution in [1.29, 1.82) is 0 Å². The van der Waals surface area contributed by atoms with Crippen LogP contribution >= 0.6 is 0 Å². The maximum absolute atomic E-state index is 12.8. The van der Waals surface area contributed by atoms with Gasteiger partial charge in [0, 0.05) is 19.1 Å². The molecule has 0 spiro atoms. The van der Waals surface area contributed by atoms with Crippen molar-refractivity contribution < 1.29 is 4.79 Å². The van der Waals surface area contributed by atoms with E-state index < -0.39 is 0 Å². The average molecular weight is 258 g/mol. The number of amides is 1. The molecular weight excluding hydrogens is 236 g/mol. The van der Waals surface area contributed by atoms with Crippen molar-refractivity contribution in [3.63, 3.8) is 0 Å². The Morgan fingerprint density at radius 3 is 2.84 bits per heavy atom. The molecule has 3 nitrogen and oxygen atoms in total. The van der Waals surface area contributed by atoms with Gasteiger partial charge in [0.15, 0.2) is 0 Å². The lowest BCUT2D eigenvalue weighted by molar-refractivity contribution is -0.134. The van der Waals surface area contributed by atoms with Gasteiger partial charge in [0.05, 0.1) is 0 Å². The Morgan fingerprint density at radius 2 is 2.11 bits per heavy atom. The Balaban J connectivity index is 1.85. The Morgan fingerprint density at radius 1 is 1.32 bits per heavy atom. The Bertz CT molecular complexity index is 485. The largest absolute Gasteiger partial charge is 0.338 e. The number of hydrogen-bond donors (Lipinski definition) is 1. The van der Waals surface area contributed by atoms with E-state index in [1.54, 1.807) is 0 Å². The van der Waals surface area contributed by atoms with Crippen LogP contribution in [0.2, 0.25) is 0 Å². The lowest BCUT2D eigenvalue weighted by Crippen LogP contribution is -2.45. The zero-order valence-electron chi connectivity index (χ0n) is 11.7. The molecule has 3 unspecified atom stereocenters. The van der Waals surface area contributed by atoms with Crippen molar-refractivity contribution in [2.75, 3.05) is 13.1 Å². The van der Waals surface area contributed by atoms with Crippen molar-refractivity contribution in [1.82, 2.24) is 10.2 Å². The third-order valence-corrected chi connectivity index (χ3v) is 4.42. The molecule has 0 saturated carbocycles. The highest BCUT2D eigenvalue weighted by atomic mass is 16.2. The summed E-state index contributed by atoms with van der Waals surface area (Å²) in [5, 5.41) is 3.40. The lowest BCUT2D eigenvalue weighted by Gasteiger charge is -2.31. The second-order valence-electron chi connectivity index (χ2n) is 6.02. The van der Waals surface area contributed by atoms with Gasteiger partial charge >= 0.3 is 0 Å². The predicted molar refractivity (Wildman–Crippen MR) is 75.8 cm³/mol. The first-order valence-electron chi connectivity index (χ1n) is 7.28. The van der Waals surface area contributed by atoms with Gasteiger partial charge in [0.25, 0.3) is 0 Å². The van der Waals surface area contributed by atoms with Crippen LogP contribution in [0.4, 0.5) is 0 Å². The van der Waals surface area contributed by atoms with Crippen LogP contribution in [0.1, 0.15) is 37.4 Å². The molecule has 1 aromatic rings. The minimum absolute atomic E-state index is 0.141. The normalized spacial score (nSPS) is 30.2. The van der Waals surface area contributed by atoms with E-state index in [4.69, 9.17) is 0 Å².